The summed E-state index contributed by atoms with van der Waals surface area (Å²) < 4.78 is 41.4. The molecule has 0 radical (unpaired) electrons. The van der Waals surface area contributed by atoms with Gasteiger partial charge in [0.1, 0.15) is 10.7 Å². The first-order chi connectivity index (χ1) is 12.0. The molecule has 0 aliphatic rings. The van der Waals surface area contributed by atoms with E-state index in [-0.39, 0.29) is 21.2 Å². The maximum absolute atomic E-state index is 14.3. The van der Waals surface area contributed by atoms with Crippen LogP contribution in [0.5, 0.6) is 0 Å². The molecule has 5 nitrogen and oxygen atoms in total. The van der Waals surface area contributed by atoms with E-state index in [1.807, 2.05) is 0 Å². The van der Waals surface area contributed by atoms with Gasteiger partial charge in [-0.25, -0.2) is 16.8 Å². The molecule has 2 aromatic heterocycles. The predicted molar refractivity (Wildman–Crippen MR) is 94.4 cm³/mol. The molecule has 0 spiro atoms. The van der Waals surface area contributed by atoms with Gasteiger partial charge in [-0.1, -0.05) is 23.7 Å². The summed E-state index contributed by atoms with van der Waals surface area (Å²) in [4.78, 5) is 3.85. The average molecular weight is 380 g/mol. The molecular weight excluding hydrogens is 365 g/mol. The van der Waals surface area contributed by atoms with Gasteiger partial charge in [-0.3, -0.25) is 4.98 Å². The Morgan fingerprint density at radius 2 is 2.00 bits per heavy atom. The van der Waals surface area contributed by atoms with Crippen molar-refractivity contribution < 1.29 is 12.8 Å². The van der Waals surface area contributed by atoms with Gasteiger partial charge >= 0.3 is 0 Å². The molecule has 0 saturated carbocycles. The van der Waals surface area contributed by atoms with Gasteiger partial charge in [0.15, 0.2) is 0 Å². The van der Waals surface area contributed by atoms with Crippen LogP contribution in [0.3, 0.4) is 0 Å². The number of aromatic nitrogens is 2. The van der Waals surface area contributed by atoms with E-state index < -0.39 is 15.8 Å². The number of rotatable bonds is 5. The lowest BCUT2D eigenvalue weighted by molar-refractivity contribution is 0.587. The highest BCUT2D eigenvalue weighted by molar-refractivity contribution is 7.90. The molecule has 0 aliphatic carbocycles. The third-order valence-electron chi connectivity index (χ3n) is 3.67. The molecule has 25 heavy (non-hydrogen) atoms. The third-order valence-corrected chi connectivity index (χ3v) is 5.74. The molecule has 0 fully saturated rings. The molecule has 0 saturated heterocycles. The summed E-state index contributed by atoms with van der Waals surface area (Å²) in [5.41, 5.74) is 0.756. The molecule has 3 rings (SSSR count). The zero-order chi connectivity index (χ0) is 18.0. The molecular formula is C17H15ClFN3O2S. The topological polar surface area (TPSA) is 64.0 Å². The quantitative estimate of drug-likeness (QED) is 0.738. The number of hydrogen-bond donors (Lipinski definition) is 1. The summed E-state index contributed by atoms with van der Waals surface area (Å²) in [5, 5.41) is 3.11. The Balaban J connectivity index is 2.30. The minimum atomic E-state index is -3.98. The zero-order valence-corrected chi connectivity index (χ0v) is 14.9. The summed E-state index contributed by atoms with van der Waals surface area (Å²) in [7, 11) is -2.26. The fraction of sp³-hybridized carbons (Fsp3) is 0.118. The second-order valence-electron chi connectivity index (χ2n) is 5.32. The van der Waals surface area contributed by atoms with Crippen LogP contribution in [-0.4, -0.2) is 24.4 Å². The standard InChI is InChI=1S/C17H15ClFN3O2S/c1-20-9-12-11-22(25(23,24)13-5-4-8-21-10-13)17(16(12)18)14-6-2-3-7-15(14)19/h2-8,10-11,20H,9H2,1H3. The van der Waals surface area contributed by atoms with Gasteiger partial charge in [0.2, 0.25) is 0 Å². The van der Waals surface area contributed by atoms with Crippen molar-refractivity contribution in [3.8, 4) is 11.3 Å². The Morgan fingerprint density at radius 3 is 2.64 bits per heavy atom. The molecule has 2 heterocycles. The van der Waals surface area contributed by atoms with Crippen LogP contribution < -0.4 is 5.32 Å². The highest BCUT2D eigenvalue weighted by Gasteiger charge is 2.26. The Bertz CT molecular complexity index is 1000. The fourth-order valence-corrected chi connectivity index (χ4v) is 4.24. The van der Waals surface area contributed by atoms with Crippen LogP contribution in [0.2, 0.25) is 5.02 Å². The Hall–Kier alpha value is -2.22. The van der Waals surface area contributed by atoms with Crippen molar-refractivity contribution in [3.63, 3.8) is 0 Å². The van der Waals surface area contributed by atoms with E-state index in [4.69, 9.17) is 11.6 Å². The van der Waals surface area contributed by atoms with Crippen molar-refractivity contribution in [3.05, 3.63) is 71.4 Å². The Kier molecular flexibility index (Phi) is 4.89. The van der Waals surface area contributed by atoms with Gasteiger partial charge < -0.3 is 5.32 Å². The largest absolute Gasteiger partial charge is 0.316 e. The molecule has 1 N–H and O–H groups in total. The highest BCUT2D eigenvalue weighted by Crippen LogP contribution is 2.36. The minimum Gasteiger partial charge on any atom is -0.316 e. The van der Waals surface area contributed by atoms with Crippen molar-refractivity contribution in [2.45, 2.75) is 11.4 Å². The van der Waals surface area contributed by atoms with Crippen LogP contribution >= 0.6 is 11.6 Å². The molecule has 1 aromatic carbocycles. The summed E-state index contributed by atoms with van der Waals surface area (Å²) in [6.45, 7) is 0.343. The zero-order valence-electron chi connectivity index (χ0n) is 13.3. The van der Waals surface area contributed by atoms with Crippen LogP contribution in [0.15, 0.2) is 59.9 Å². The number of benzene rings is 1. The average Bonchev–Trinajstić information content (AvgIpc) is 2.94. The minimum absolute atomic E-state index is 0.00439. The highest BCUT2D eigenvalue weighted by atomic mass is 35.5. The number of nitrogens with one attached hydrogen (secondary N) is 1. The summed E-state index contributed by atoms with van der Waals surface area (Å²) >= 11 is 6.40. The SMILES string of the molecule is CNCc1cn(S(=O)(=O)c2cccnc2)c(-c2ccccc2F)c1Cl. The van der Waals surface area contributed by atoms with E-state index in [0.717, 1.165) is 3.97 Å². The maximum atomic E-state index is 14.3. The Labute approximate surface area is 150 Å². The fourth-order valence-electron chi connectivity index (χ4n) is 2.52. The van der Waals surface area contributed by atoms with Crippen molar-refractivity contribution in [2.75, 3.05) is 7.05 Å². The number of hydrogen-bond acceptors (Lipinski definition) is 4. The molecule has 0 aliphatic heterocycles. The van der Waals surface area contributed by atoms with E-state index >= 15 is 0 Å². The normalized spacial score (nSPS) is 11.6. The van der Waals surface area contributed by atoms with Crippen LogP contribution in [0, 0.1) is 5.82 Å². The predicted octanol–water partition coefficient (Wildman–Crippen LogP) is 3.30. The number of pyridine rings is 1. The number of halogens is 2. The molecule has 0 amide bonds. The lowest BCUT2D eigenvalue weighted by Crippen LogP contribution is -2.14. The van der Waals surface area contributed by atoms with Crippen LogP contribution in [0.4, 0.5) is 4.39 Å². The van der Waals surface area contributed by atoms with Crippen molar-refractivity contribution in [1.29, 1.82) is 0 Å². The second kappa shape index (κ2) is 6.95. The monoisotopic (exact) mass is 379 g/mol. The lowest BCUT2D eigenvalue weighted by Gasteiger charge is -2.11. The van der Waals surface area contributed by atoms with E-state index in [9.17, 15) is 12.8 Å². The smallest absolute Gasteiger partial charge is 0.269 e. The van der Waals surface area contributed by atoms with Crippen molar-refractivity contribution in [1.82, 2.24) is 14.3 Å². The van der Waals surface area contributed by atoms with Gasteiger partial charge in [0.25, 0.3) is 10.0 Å². The maximum Gasteiger partial charge on any atom is 0.269 e. The summed E-state index contributed by atoms with van der Waals surface area (Å²) in [5.74, 6) is -0.554. The summed E-state index contributed by atoms with van der Waals surface area (Å²) in [6, 6.07) is 8.87. The molecule has 3 aromatic rings. The first kappa shape index (κ1) is 17.6. The molecule has 8 heteroatoms. The first-order valence-corrected chi connectivity index (χ1v) is 9.23. The van der Waals surface area contributed by atoms with Crippen LogP contribution in [-0.2, 0) is 16.6 Å². The van der Waals surface area contributed by atoms with E-state index in [2.05, 4.69) is 10.3 Å². The van der Waals surface area contributed by atoms with Gasteiger partial charge in [-0.05, 0) is 31.3 Å². The van der Waals surface area contributed by atoms with E-state index in [0.29, 0.717) is 12.1 Å². The number of nitrogens with zero attached hydrogens (tertiary/aromatic N) is 2. The van der Waals surface area contributed by atoms with Crippen LogP contribution in [0.1, 0.15) is 5.56 Å². The summed E-state index contributed by atoms with van der Waals surface area (Å²) in [6.07, 6.45) is 4.13. The lowest BCUT2D eigenvalue weighted by atomic mass is 10.1. The van der Waals surface area contributed by atoms with Gasteiger partial charge in [0, 0.05) is 36.3 Å². The molecule has 0 atom stereocenters. The first-order valence-electron chi connectivity index (χ1n) is 7.41. The molecule has 0 bridgehead atoms. The van der Waals surface area contributed by atoms with E-state index in [1.54, 1.807) is 13.1 Å². The van der Waals surface area contributed by atoms with Gasteiger partial charge in [0.05, 0.1) is 10.7 Å². The van der Waals surface area contributed by atoms with Crippen molar-refractivity contribution in [2.24, 2.45) is 0 Å². The molecule has 130 valence electrons. The second-order valence-corrected chi connectivity index (χ2v) is 7.51. The van der Waals surface area contributed by atoms with Gasteiger partial charge in [-0.15, -0.1) is 0 Å². The van der Waals surface area contributed by atoms with Crippen LogP contribution in [0.25, 0.3) is 11.3 Å². The third kappa shape index (κ3) is 3.18. The van der Waals surface area contributed by atoms with Gasteiger partial charge in [-0.2, -0.15) is 0 Å². The molecule has 0 unspecified atom stereocenters. The van der Waals surface area contributed by atoms with Crippen molar-refractivity contribution >= 4 is 21.6 Å². The van der Waals surface area contributed by atoms with E-state index in [1.165, 1.54) is 48.9 Å². The Morgan fingerprint density at radius 1 is 1.24 bits per heavy atom.